The van der Waals surface area contributed by atoms with E-state index in [2.05, 4.69) is 20.4 Å². The quantitative estimate of drug-likeness (QED) is 0.243. The third kappa shape index (κ3) is 7.88. The number of β-amino-alcohol motifs (C(OH)–C–C–N with tert-alkyl or cyclic N) is 1. The van der Waals surface area contributed by atoms with Crippen LogP contribution in [0, 0.1) is 0 Å². The van der Waals surface area contributed by atoms with Gasteiger partial charge in [0.05, 0.1) is 0 Å². The molecule has 0 aromatic carbocycles. The summed E-state index contributed by atoms with van der Waals surface area (Å²) in [7, 11) is 0. The maximum atomic E-state index is 10.4. The Balaban J connectivity index is 1.95. The summed E-state index contributed by atoms with van der Waals surface area (Å²) in [5.74, 6) is 0. The number of aldehydes is 1. The molecule has 1 saturated heterocycles. The standard InChI is InChI=1S/C13H29N5O2/c14-1-2-15-3-4-16-5-6-17-7-9-18(10-8-17)11-13(20)12-19/h12-13,15-16,20H,1-11,14H2. The van der Waals surface area contributed by atoms with Crippen LogP contribution in [0.4, 0.5) is 0 Å². The molecular weight excluding hydrogens is 258 g/mol. The summed E-state index contributed by atoms with van der Waals surface area (Å²) in [6.45, 7) is 9.80. The van der Waals surface area contributed by atoms with Gasteiger partial charge in [0.15, 0.2) is 0 Å². The molecule has 0 aliphatic carbocycles. The summed E-state index contributed by atoms with van der Waals surface area (Å²) in [4.78, 5) is 14.9. The van der Waals surface area contributed by atoms with E-state index >= 15 is 0 Å². The molecule has 0 aromatic rings. The molecular formula is C13H29N5O2. The summed E-state index contributed by atoms with van der Waals surface area (Å²) in [6.07, 6.45) is -0.237. The third-order valence-corrected chi connectivity index (χ3v) is 3.47. The summed E-state index contributed by atoms with van der Waals surface area (Å²) in [6, 6.07) is 0. The number of hydrogen-bond acceptors (Lipinski definition) is 7. The lowest BCUT2D eigenvalue weighted by molar-refractivity contribution is -0.115. The van der Waals surface area contributed by atoms with E-state index in [1.807, 2.05) is 0 Å². The lowest BCUT2D eigenvalue weighted by Crippen LogP contribution is -2.50. The first kappa shape index (κ1) is 17.5. The van der Waals surface area contributed by atoms with Crippen LogP contribution in [0.3, 0.4) is 0 Å². The van der Waals surface area contributed by atoms with Crippen LogP contribution in [0.2, 0.25) is 0 Å². The zero-order chi connectivity index (χ0) is 14.6. The predicted octanol–water partition coefficient (Wildman–Crippen LogP) is -2.70. The largest absolute Gasteiger partial charge is 0.384 e. The maximum absolute atomic E-state index is 10.4. The fourth-order valence-corrected chi connectivity index (χ4v) is 2.27. The first-order valence-electron chi connectivity index (χ1n) is 7.46. The Labute approximate surface area is 121 Å². The Kier molecular flexibility index (Phi) is 9.73. The van der Waals surface area contributed by atoms with Crippen molar-refractivity contribution >= 4 is 6.29 Å². The van der Waals surface area contributed by atoms with Gasteiger partial charge in [0.1, 0.15) is 12.4 Å². The molecule has 1 fully saturated rings. The molecule has 0 amide bonds. The first-order chi connectivity index (χ1) is 9.76. The van der Waals surface area contributed by atoms with Crippen LogP contribution >= 0.6 is 0 Å². The van der Waals surface area contributed by atoms with Gasteiger partial charge in [-0.2, -0.15) is 0 Å². The highest BCUT2D eigenvalue weighted by molar-refractivity contribution is 5.55. The highest BCUT2D eigenvalue weighted by atomic mass is 16.3. The summed E-state index contributed by atoms with van der Waals surface area (Å²) in [5, 5.41) is 15.9. The smallest absolute Gasteiger partial charge is 0.149 e. The number of nitrogens with two attached hydrogens (primary N) is 1. The fourth-order valence-electron chi connectivity index (χ4n) is 2.27. The zero-order valence-electron chi connectivity index (χ0n) is 12.3. The Morgan fingerprint density at radius 1 is 1.05 bits per heavy atom. The fraction of sp³-hybridized carbons (Fsp3) is 0.923. The lowest BCUT2D eigenvalue weighted by atomic mass is 10.2. The highest BCUT2D eigenvalue weighted by Gasteiger charge is 2.18. The number of carbonyl (C=O) groups is 1. The van der Waals surface area contributed by atoms with Crippen molar-refractivity contribution in [1.82, 2.24) is 20.4 Å². The molecule has 1 unspecified atom stereocenters. The van der Waals surface area contributed by atoms with Crippen LogP contribution in [-0.4, -0.2) is 99.3 Å². The normalized spacial score (nSPS) is 19.1. The average molecular weight is 287 g/mol. The van der Waals surface area contributed by atoms with Crippen molar-refractivity contribution in [2.75, 3.05) is 72.0 Å². The topological polar surface area (TPSA) is 93.9 Å². The number of aliphatic hydroxyl groups excluding tert-OH is 1. The van der Waals surface area contributed by atoms with Crippen LogP contribution in [-0.2, 0) is 4.79 Å². The summed E-state index contributed by atoms with van der Waals surface area (Å²) in [5.41, 5.74) is 5.39. The number of nitrogens with one attached hydrogen (secondary N) is 2. The molecule has 1 aliphatic rings. The molecule has 1 heterocycles. The van der Waals surface area contributed by atoms with Crippen LogP contribution < -0.4 is 16.4 Å². The second-order valence-electron chi connectivity index (χ2n) is 5.13. The van der Waals surface area contributed by atoms with Crippen molar-refractivity contribution in [2.24, 2.45) is 5.73 Å². The van der Waals surface area contributed by atoms with Crippen LogP contribution in [0.25, 0.3) is 0 Å². The highest BCUT2D eigenvalue weighted by Crippen LogP contribution is 2.01. The minimum absolute atomic E-state index is 0.461. The first-order valence-corrected chi connectivity index (χ1v) is 7.46. The van der Waals surface area contributed by atoms with Gasteiger partial charge in [0, 0.05) is 72.0 Å². The average Bonchev–Trinajstić information content (AvgIpc) is 2.48. The number of carbonyl (C=O) groups excluding carboxylic acids is 1. The predicted molar refractivity (Wildman–Crippen MR) is 79.7 cm³/mol. The molecule has 0 saturated carbocycles. The van der Waals surface area contributed by atoms with Gasteiger partial charge < -0.3 is 26.3 Å². The lowest BCUT2D eigenvalue weighted by Gasteiger charge is -2.35. The van der Waals surface area contributed by atoms with Gasteiger partial charge in [-0.3, -0.25) is 9.80 Å². The molecule has 5 N–H and O–H groups in total. The Hall–Kier alpha value is -0.570. The van der Waals surface area contributed by atoms with E-state index < -0.39 is 6.10 Å². The Bertz CT molecular complexity index is 247. The van der Waals surface area contributed by atoms with E-state index in [0.29, 0.717) is 19.4 Å². The molecule has 0 radical (unpaired) electrons. The second kappa shape index (κ2) is 11.1. The maximum Gasteiger partial charge on any atom is 0.149 e. The molecule has 7 heteroatoms. The van der Waals surface area contributed by atoms with Gasteiger partial charge in [-0.15, -0.1) is 0 Å². The Morgan fingerprint density at radius 2 is 1.65 bits per heavy atom. The Morgan fingerprint density at radius 3 is 2.25 bits per heavy atom. The number of aliphatic hydroxyl groups is 1. The van der Waals surface area contributed by atoms with Gasteiger partial charge in [-0.25, -0.2) is 0 Å². The van der Waals surface area contributed by atoms with Crippen molar-refractivity contribution < 1.29 is 9.90 Å². The molecule has 20 heavy (non-hydrogen) atoms. The van der Waals surface area contributed by atoms with E-state index in [9.17, 15) is 9.90 Å². The number of nitrogens with zero attached hydrogens (tertiary/aromatic N) is 2. The SMILES string of the molecule is NCCNCCNCCN1CCN(CC(O)C=O)CC1. The summed E-state index contributed by atoms with van der Waals surface area (Å²) >= 11 is 0. The monoisotopic (exact) mass is 287 g/mol. The van der Waals surface area contributed by atoms with E-state index in [1.165, 1.54) is 0 Å². The molecule has 1 atom stereocenters. The molecule has 7 nitrogen and oxygen atoms in total. The summed E-state index contributed by atoms with van der Waals surface area (Å²) < 4.78 is 0. The molecule has 0 bridgehead atoms. The van der Waals surface area contributed by atoms with Crippen molar-refractivity contribution in [3.63, 3.8) is 0 Å². The zero-order valence-corrected chi connectivity index (χ0v) is 12.3. The van der Waals surface area contributed by atoms with Crippen molar-refractivity contribution in [3.8, 4) is 0 Å². The van der Waals surface area contributed by atoms with E-state index in [0.717, 1.165) is 58.9 Å². The van der Waals surface area contributed by atoms with Crippen LogP contribution in [0.5, 0.6) is 0 Å². The van der Waals surface area contributed by atoms with E-state index in [-0.39, 0.29) is 0 Å². The minimum atomic E-state index is -0.843. The van der Waals surface area contributed by atoms with Gasteiger partial charge in [-0.1, -0.05) is 0 Å². The van der Waals surface area contributed by atoms with Gasteiger partial charge in [0.2, 0.25) is 0 Å². The number of hydrogen-bond donors (Lipinski definition) is 4. The van der Waals surface area contributed by atoms with Gasteiger partial charge in [-0.05, 0) is 0 Å². The van der Waals surface area contributed by atoms with Crippen LogP contribution in [0.15, 0.2) is 0 Å². The molecule has 0 spiro atoms. The van der Waals surface area contributed by atoms with E-state index in [4.69, 9.17) is 5.73 Å². The van der Waals surface area contributed by atoms with Gasteiger partial charge >= 0.3 is 0 Å². The molecule has 1 aliphatic heterocycles. The van der Waals surface area contributed by atoms with Crippen molar-refractivity contribution in [3.05, 3.63) is 0 Å². The second-order valence-corrected chi connectivity index (χ2v) is 5.13. The third-order valence-electron chi connectivity index (χ3n) is 3.47. The molecule has 118 valence electrons. The molecule has 0 aromatic heterocycles. The minimum Gasteiger partial charge on any atom is -0.384 e. The van der Waals surface area contributed by atoms with Crippen molar-refractivity contribution in [1.29, 1.82) is 0 Å². The molecule has 1 rings (SSSR count). The van der Waals surface area contributed by atoms with Crippen molar-refractivity contribution in [2.45, 2.75) is 6.10 Å². The number of piperazine rings is 1. The van der Waals surface area contributed by atoms with Crippen LogP contribution in [0.1, 0.15) is 0 Å². The number of rotatable bonds is 11. The van der Waals surface area contributed by atoms with E-state index in [1.54, 1.807) is 0 Å². The van der Waals surface area contributed by atoms with Gasteiger partial charge in [0.25, 0.3) is 0 Å².